The molecule has 0 aliphatic rings. The van der Waals surface area contributed by atoms with Crippen molar-refractivity contribution in [3.05, 3.63) is 126 Å². The number of hydrogen-bond acceptors (Lipinski definition) is 5. The molecule has 236 valence electrons. The van der Waals surface area contributed by atoms with E-state index in [-0.39, 0.29) is 29.7 Å². The number of methoxy groups -OCH3 is 1. The normalized spacial score (nSPS) is 11.9. The molecule has 0 aliphatic carbocycles. The molecule has 4 aromatic rings. The largest absolute Gasteiger partial charge is 0.497 e. The highest BCUT2D eigenvalue weighted by molar-refractivity contribution is 7.92. The lowest BCUT2D eigenvalue weighted by molar-refractivity contribution is -0.140. The first-order chi connectivity index (χ1) is 21.6. The molecule has 45 heavy (non-hydrogen) atoms. The van der Waals surface area contributed by atoms with Crippen LogP contribution >= 0.6 is 0 Å². The van der Waals surface area contributed by atoms with Gasteiger partial charge in [-0.2, -0.15) is 0 Å². The summed E-state index contributed by atoms with van der Waals surface area (Å²) in [4.78, 5) is 29.8. The number of rotatable bonds is 14. The van der Waals surface area contributed by atoms with Crippen LogP contribution in [0, 0.1) is 12.8 Å². The number of carbonyl (C=O) groups excluding carboxylic acids is 2. The van der Waals surface area contributed by atoms with E-state index in [1.54, 1.807) is 36.4 Å². The lowest BCUT2D eigenvalue weighted by atomic mass is 10.0. The second kappa shape index (κ2) is 15.4. The van der Waals surface area contributed by atoms with Gasteiger partial charge in [0, 0.05) is 19.5 Å². The van der Waals surface area contributed by atoms with Crippen LogP contribution in [0.5, 0.6) is 5.75 Å². The molecule has 0 saturated heterocycles. The number of carbonyl (C=O) groups is 2. The summed E-state index contributed by atoms with van der Waals surface area (Å²) < 4.78 is 34.6. The summed E-state index contributed by atoms with van der Waals surface area (Å²) in [6.07, 6.45) is 0.263. The monoisotopic (exact) mass is 627 g/mol. The van der Waals surface area contributed by atoms with Crippen molar-refractivity contribution in [2.75, 3.05) is 24.5 Å². The zero-order chi connectivity index (χ0) is 32.4. The van der Waals surface area contributed by atoms with Crippen LogP contribution in [-0.2, 0) is 32.6 Å². The Labute approximate surface area is 266 Å². The molecule has 0 saturated carbocycles. The van der Waals surface area contributed by atoms with E-state index in [9.17, 15) is 18.0 Å². The molecule has 1 atom stereocenters. The molecule has 0 aromatic heterocycles. The van der Waals surface area contributed by atoms with Gasteiger partial charge in [0.05, 0.1) is 17.7 Å². The number of amides is 2. The van der Waals surface area contributed by atoms with Crippen molar-refractivity contribution < 1.29 is 22.7 Å². The van der Waals surface area contributed by atoms with Gasteiger partial charge in [-0.25, -0.2) is 8.42 Å². The third-order valence-corrected chi connectivity index (χ3v) is 9.19. The molecule has 0 radical (unpaired) electrons. The Morgan fingerprint density at radius 2 is 1.38 bits per heavy atom. The van der Waals surface area contributed by atoms with Gasteiger partial charge in [0.2, 0.25) is 11.8 Å². The average Bonchev–Trinajstić information content (AvgIpc) is 3.05. The summed E-state index contributed by atoms with van der Waals surface area (Å²) >= 11 is 0. The lowest BCUT2D eigenvalue weighted by Gasteiger charge is -2.34. The summed E-state index contributed by atoms with van der Waals surface area (Å²) in [5, 5.41) is 3.01. The summed E-state index contributed by atoms with van der Waals surface area (Å²) in [7, 11) is -2.68. The van der Waals surface area contributed by atoms with Crippen molar-refractivity contribution in [1.82, 2.24) is 10.2 Å². The molecule has 0 bridgehead atoms. The Morgan fingerprint density at radius 3 is 1.93 bits per heavy atom. The predicted molar refractivity (Wildman–Crippen MR) is 177 cm³/mol. The van der Waals surface area contributed by atoms with Crippen LogP contribution in [0.15, 0.2) is 114 Å². The molecule has 0 fully saturated rings. The molecule has 0 spiro atoms. The van der Waals surface area contributed by atoms with Gasteiger partial charge in [-0.05, 0) is 60.4 Å². The summed E-state index contributed by atoms with van der Waals surface area (Å²) in [6, 6.07) is 31.0. The maximum absolute atomic E-state index is 14.5. The fourth-order valence-electron chi connectivity index (χ4n) is 4.87. The second-order valence-corrected chi connectivity index (χ2v) is 13.2. The molecule has 4 aromatic carbocycles. The van der Waals surface area contributed by atoms with E-state index in [0.29, 0.717) is 18.0 Å². The highest BCUT2D eigenvalue weighted by Gasteiger charge is 2.34. The van der Waals surface area contributed by atoms with E-state index in [0.717, 1.165) is 21.0 Å². The van der Waals surface area contributed by atoms with Crippen LogP contribution in [0.4, 0.5) is 5.69 Å². The number of ether oxygens (including phenoxy) is 1. The van der Waals surface area contributed by atoms with E-state index in [1.807, 2.05) is 81.4 Å². The smallest absolute Gasteiger partial charge is 0.264 e. The first-order valence-electron chi connectivity index (χ1n) is 15.0. The summed E-state index contributed by atoms with van der Waals surface area (Å²) in [5.41, 5.74) is 2.99. The van der Waals surface area contributed by atoms with Crippen molar-refractivity contribution in [2.45, 2.75) is 44.7 Å². The van der Waals surface area contributed by atoms with Gasteiger partial charge in [0.1, 0.15) is 18.3 Å². The van der Waals surface area contributed by atoms with Gasteiger partial charge < -0.3 is 15.0 Å². The number of aryl methyl sites for hydroxylation is 1. The highest BCUT2D eigenvalue weighted by atomic mass is 32.2. The Balaban J connectivity index is 1.78. The molecule has 2 amide bonds. The molecule has 0 unspecified atom stereocenters. The SMILES string of the molecule is COc1ccc(S(=O)(=O)N(CC(=O)N(Cc2ccccc2)[C@@H](Cc2ccccc2)C(=O)NCC(C)C)c2ccc(C)cc2)cc1. The first-order valence-corrected chi connectivity index (χ1v) is 16.4. The first kappa shape index (κ1) is 33.3. The van der Waals surface area contributed by atoms with Crippen LogP contribution in [-0.4, -0.2) is 51.4 Å². The number of anilines is 1. The van der Waals surface area contributed by atoms with Crippen molar-refractivity contribution in [2.24, 2.45) is 5.92 Å². The third kappa shape index (κ3) is 8.95. The molecule has 0 heterocycles. The predicted octanol–water partition coefficient (Wildman–Crippen LogP) is 5.61. The number of nitrogens with zero attached hydrogens (tertiary/aromatic N) is 2. The van der Waals surface area contributed by atoms with E-state index < -0.39 is 28.5 Å². The van der Waals surface area contributed by atoms with E-state index >= 15 is 0 Å². The molecule has 8 nitrogen and oxygen atoms in total. The van der Waals surface area contributed by atoms with Gasteiger partial charge in [-0.15, -0.1) is 0 Å². The Hall–Kier alpha value is -4.63. The van der Waals surface area contributed by atoms with Crippen LogP contribution in [0.1, 0.15) is 30.5 Å². The van der Waals surface area contributed by atoms with Gasteiger partial charge in [0.25, 0.3) is 10.0 Å². The molecular weight excluding hydrogens is 586 g/mol. The van der Waals surface area contributed by atoms with Gasteiger partial charge >= 0.3 is 0 Å². The van der Waals surface area contributed by atoms with Crippen molar-refractivity contribution in [3.63, 3.8) is 0 Å². The molecule has 0 aliphatic heterocycles. The molecular formula is C36H41N3O5S. The van der Waals surface area contributed by atoms with Crippen molar-refractivity contribution in [3.8, 4) is 5.75 Å². The van der Waals surface area contributed by atoms with Crippen LogP contribution in [0.2, 0.25) is 0 Å². The fraction of sp³-hybridized carbons (Fsp3) is 0.278. The van der Waals surface area contributed by atoms with E-state index in [4.69, 9.17) is 4.74 Å². The minimum atomic E-state index is -4.19. The minimum Gasteiger partial charge on any atom is -0.497 e. The lowest BCUT2D eigenvalue weighted by Crippen LogP contribution is -2.53. The quantitative estimate of drug-likeness (QED) is 0.196. The van der Waals surface area contributed by atoms with Crippen LogP contribution < -0.4 is 14.4 Å². The zero-order valence-electron chi connectivity index (χ0n) is 26.2. The average molecular weight is 628 g/mol. The summed E-state index contributed by atoms with van der Waals surface area (Å²) in [5.74, 6) is -0.0812. The second-order valence-electron chi connectivity index (χ2n) is 11.4. The van der Waals surface area contributed by atoms with Gasteiger partial charge in [0.15, 0.2) is 0 Å². The Kier molecular flexibility index (Phi) is 11.4. The molecule has 4 rings (SSSR count). The van der Waals surface area contributed by atoms with Crippen molar-refractivity contribution >= 4 is 27.5 Å². The molecule has 1 N–H and O–H groups in total. The highest BCUT2D eigenvalue weighted by Crippen LogP contribution is 2.26. The van der Waals surface area contributed by atoms with Gasteiger partial charge in [-0.3, -0.25) is 13.9 Å². The number of nitrogens with one attached hydrogen (secondary N) is 1. The number of benzene rings is 4. The van der Waals surface area contributed by atoms with E-state index in [2.05, 4.69) is 5.32 Å². The topological polar surface area (TPSA) is 96.0 Å². The Morgan fingerprint density at radius 1 is 0.800 bits per heavy atom. The van der Waals surface area contributed by atoms with Crippen LogP contribution in [0.25, 0.3) is 0 Å². The maximum Gasteiger partial charge on any atom is 0.264 e. The standard InChI is InChI=1S/C36H41N3O5S/c1-27(2)24-37-36(41)34(23-29-11-7-5-8-12-29)38(25-30-13-9-6-10-14-30)35(40)26-39(31-17-15-28(3)16-18-31)45(42,43)33-21-19-32(44-4)20-22-33/h5-22,27,34H,23-26H2,1-4H3,(H,37,41)/t34-/m0/s1. The number of sulfonamides is 1. The van der Waals surface area contributed by atoms with Crippen LogP contribution in [0.3, 0.4) is 0 Å². The maximum atomic E-state index is 14.5. The van der Waals surface area contributed by atoms with Crippen molar-refractivity contribution in [1.29, 1.82) is 0 Å². The van der Waals surface area contributed by atoms with Gasteiger partial charge in [-0.1, -0.05) is 92.2 Å². The number of hydrogen-bond donors (Lipinski definition) is 1. The summed E-state index contributed by atoms with van der Waals surface area (Å²) in [6.45, 7) is 5.97. The Bertz CT molecular complexity index is 1640. The minimum absolute atomic E-state index is 0.0156. The zero-order valence-corrected chi connectivity index (χ0v) is 27.0. The van der Waals surface area contributed by atoms with E-state index in [1.165, 1.54) is 24.1 Å². The fourth-order valence-corrected chi connectivity index (χ4v) is 6.29. The molecule has 9 heteroatoms. The third-order valence-electron chi connectivity index (χ3n) is 7.40.